The van der Waals surface area contributed by atoms with Gasteiger partial charge in [0, 0.05) is 0 Å². The minimum Gasteiger partial charge on any atom is -0.394 e. The highest BCUT2D eigenvalue weighted by Gasteiger charge is 2.57. The van der Waals surface area contributed by atoms with Crippen molar-refractivity contribution in [3.8, 4) is 0 Å². The Morgan fingerprint density at radius 3 is 1.96 bits per heavy atom. The molecule has 12 heteroatoms. The summed E-state index contributed by atoms with van der Waals surface area (Å²) < 4.78 is 15.1. The molecule has 2 aliphatic rings. The fourth-order valence-electron chi connectivity index (χ4n) is 2.55. The highest BCUT2D eigenvalue weighted by Crippen LogP contribution is 2.34. The first kappa shape index (κ1) is 20.2. The Labute approximate surface area is 142 Å². The van der Waals surface area contributed by atoms with E-state index >= 15 is 0 Å². The Balaban J connectivity index is 2.18. The third-order valence-electron chi connectivity index (χ3n) is 4.06. The molecule has 11 nitrogen and oxygen atoms in total. The van der Waals surface area contributed by atoms with Crippen molar-refractivity contribution in [2.24, 2.45) is 0 Å². The van der Waals surface area contributed by atoms with E-state index in [1.54, 1.807) is 0 Å². The molecule has 2 rings (SSSR count). The maximum atomic E-state index is 10.3. The van der Waals surface area contributed by atoms with Crippen LogP contribution < -0.4 is 0 Å². The molecule has 24 heavy (non-hydrogen) atoms. The fraction of sp³-hybridized carbons (Fsp3) is 1.00. The molecule has 0 spiro atoms. The van der Waals surface area contributed by atoms with Crippen LogP contribution in [0.3, 0.4) is 0 Å². The lowest BCUT2D eigenvalue weighted by Crippen LogP contribution is -2.68. The molecule has 10 atom stereocenters. The first-order valence-corrected chi connectivity index (χ1v) is 7.71. The van der Waals surface area contributed by atoms with Crippen LogP contribution in [0, 0.1) is 0 Å². The molecule has 2 fully saturated rings. The standard InChI is InChI=1S/C12H22O11S/c13-1-3-5(15)7(17)9(24)11(21-3)23-12(20)10(19)8(18)6(16)4(2-14)22-12/h3-11,13-20,24H,1-2H2/t3-,4-,5+,6+,7+,8+,9-,10-,11?,12?/m1/s1. The summed E-state index contributed by atoms with van der Waals surface area (Å²) in [5, 5.41) is 76.2. The molecule has 0 aliphatic carbocycles. The molecule has 2 heterocycles. The Morgan fingerprint density at radius 1 is 0.875 bits per heavy atom. The number of thiol groups is 1. The van der Waals surface area contributed by atoms with Gasteiger partial charge in [-0.25, -0.2) is 0 Å². The summed E-state index contributed by atoms with van der Waals surface area (Å²) in [7, 11) is 0. The highest BCUT2D eigenvalue weighted by atomic mass is 32.1. The van der Waals surface area contributed by atoms with Crippen molar-refractivity contribution in [3.63, 3.8) is 0 Å². The Bertz CT molecular complexity index is 424. The number of aliphatic hydroxyl groups excluding tert-OH is 7. The summed E-state index contributed by atoms with van der Waals surface area (Å²) in [5.74, 6) is -2.90. The fourth-order valence-corrected chi connectivity index (χ4v) is 2.86. The van der Waals surface area contributed by atoms with E-state index in [1.807, 2.05) is 0 Å². The number of hydrogen-bond donors (Lipinski definition) is 9. The third kappa shape index (κ3) is 3.56. The summed E-state index contributed by atoms with van der Waals surface area (Å²) in [6.07, 6.45) is -13.0. The Morgan fingerprint density at radius 2 is 1.42 bits per heavy atom. The Kier molecular flexibility index (Phi) is 6.45. The van der Waals surface area contributed by atoms with Gasteiger partial charge in [-0.3, -0.25) is 4.74 Å². The first-order chi connectivity index (χ1) is 11.2. The van der Waals surface area contributed by atoms with E-state index < -0.39 is 73.5 Å². The van der Waals surface area contributed by atoms with Gasteiger partial charge in [-0.05, 0) is 0 Å². The first-order valence-electron chi connectivity index (χ1n) is 7.19. The van der Waals surface area contributed by atoms with Gasteiger partial charge in [0.2, 0.25) is 0 Å². The van der Waals surface area contributed by atoms with Crippen molar-refractivity contribution in [2.75, 3.05) is 13.2 Å². The zero-order valence-electron chi connectivity index (χ0n) is 12.4. The van der Waals surface area contributed by atoms with Gasteiger partial charge in [0.1, 0.15) is 30.5 Å². The zero-order chi connectivity index (χ0) is 18.2. The van der Waals surface area contributed by atoms with Gasteiger partial charge in [0.15, 0.2) is 12.4 Å². The molecule has 2 saturated heterocycles. The van der Waals surface area contributed by atoms with Gasteiger partial charge in [0.25, 0.3) is 0 Å². The predicted molar refractivity (Wildman–Crippen MR) is 76.5 cm³/mol. The van der Waals surface area contributed by atoms with Gasteiger partial charge in [-0.15, -0.1) is 0 Å². The van der Waals surface area contributed by atoms with Gasteiger partial charge in [-0.1, -0.05) is 0 Å². The van der Waals surface area contributed by atoms with E-state index in [2.05, 4.69) is 12.6 Å². The van der Waals surface area contributed by atoms with Gasteiger partial charge >= 0.3 is 5.97 Å². The largest absolute Gasteiger partial charge is 0.394 e. The third-order valence-corrected chi connectivity index (χ3v) is 4.61. The summed E-state index contributed by atoms with van der Waals surface area (Å²) in [4.78, 5) is 0. The van der Waals surface area contributed by atoms with E-state index in [4.69, 9.17) is 24.4 Å². The lowest BCUT2D eigenvalue weighted by atomic mass is 9.97. The van der Waals surface area contributed by atoms with Crippen LogP contribution in [0.15, 0.2) is 0 Å². The Hall–Kier alpha value is -0.0900. The smallest absolute Gasteiger partial charge is 0.313 e. The van der Waals surface area contributed by atoms with Gasteiger partial charge in [-0.2, -0.15) is 12.6 Å². The van der Waals surface area contributed by atoms with Crippen LogP contribution in [-0.4, -0.2) is 114 Å². The molecule has 8 N–H and O–H groups in total. The average molecular weight is 374 g/mol. The molecule has 0 bridgehead atoms. The number of rotatable bonds is 4. The second kappa shape index (κ2) is 7.65. The summed E-state index contributed by atoms with van der Waals surface area (Å²) in [6.45, 7) is -1.48. The van der Waals surface area contributed by atoms with Gasteiger partial charge in [0.05, 0.1) is 24.6 Å². The van der Waals surface area contributed by atoms with Crippen molar-refractivity contribution in [1.82, 2.24) is 0 Å². The lowest BCUT2D eigenvalue weighted by Gasteiger charge is -2.48. The van der Waals surface area contributed by atoms with Crippen molar-refractivity contribution < 1.29 is 55.1 Å². The molecule has 142 valence electrons. The predicted octanol–water partition coefficient (Wildman–Crippen LogP) is -5.14. The number of aliphatic hydroxyl groups is 8. The van der Waals surface area contributed by atoms with Crippen molar-refractivity contribution in [3.05, 3.63) is 0 Å². The van der Waals surface area contributed by atoms with E-state index in [0.29, 0.717) is 0 Å². The zero-order valence-corrected chi connectivity index (χ0v) is 13.3. The molecule has 0 aromatic rings. The van der Waals surface area contributed by atoms with Crippen LogP contribution in [0.25, 0.3) is 0 Å². The molecule has 0 saturated carbocycles. The maximum Gasteiger partial charge on any atom is 0.313 e. The molecule has 0 aromatic carbocycles. The van der Waals surface area contributed by atoms with Crippen LogP contribution in [0.4, 0.5) is 0 Å². The number of ether oxygens (including phenoxy) is 3. The highest BCUT2D eigenvalue weighted by molar-refractivity contribution is 7.81. The molecular weight excluding hydrogens is 352 g/mol. The molecule has 2 aliphatic heterocycles. The normalized spacial score (nSPS) is 53.1. The van der Waals surface area contributed by atoms with E-state index in [9.17, 15) is 30.6 Å². The topological polar surface area (TPSA) is 190 Å². The van der Waals surface area contributed by atoms with Crippen LogP contribution in [-0.2, 0) is 14.2 Å². The molecule has 0 aromatic heterocycles. The van der Waals surface area contributed by atoms with Crippen LogP contribution in [0.5, 0.6) is 0 Å². The monoisotopic (exact) mass is 374 g/mol. The molecule has 0 radical (unpaired) electrons. The quantitative estimate of drug-likeness (QED) is 0.169. The summed E-state index contributed by atoms with van der Waals surface area (Å²) >= 11 is 3.99. The van der Waals surface area contributed by atoms with Crippen molar-refractivity contribution in [1.29, 1.82) is 0 Å². The molecule has 2 unspecified atom stereocenters. The second-order valence-corrected chi connectivity index (χ2v) is 6.31. The molecular formula is C12H22O11S. The maximum absolute atomic E-state index is 10.3. The van der Waals surface area contributed by atoms with Gasteiger partial charge < -0.3 is 50.3 Å². The van der Waals surface area contributed by atoms with Crippen LogP contribution in [0.2, 0.25) is 0 Å². The lowest BCUT2D eigenvalue weighted by molar-refractivity contribution is -0.480. The summed E-state index contributed by atoms with van der Waals surface area (Å²) in [5.41, 5.74) is 0. The van der Waals surface area contributed by atoms with Crippen molar-refractivity contribution >= 4 is 12.6 Å². The number of hydrogen-bond acceptors (Lipinski definition) is 12. The van der Waals surface area contributed by atoms with E-state index in [-0.39, 0.29) is 0 Å². The second-order valence-electron chi connectivity index (χ2n) is 5.71. The average Bonchev–Trinajstić information content (AvgIpc) is 2.57. The summed E-state index contributed by atoms with van der Waals surface area (Å²) in [6, 6.07) is 0. The SMILES string of the molecule is OC[C@H]1OC(O)(OC2O[C@H](CO)[C@H](O)[C@H](O)[C@H]2S)[C@H](O)[C@@H](O)[C@H]1O. The minimum absolute atomic E-state index is 0.680. The minimum atomic E-state index is -2.90. The molecule has 0 amide bonds. The van der Waals surface area contributed by atoms with E-state index in [1.165, 1.54) is 0 Å². The van der Waals surface area contributed by atoms with Crippen LogP contribution in [0.1, 0.15) is 0 Å². The van der Waals surface area contributed by atoms with Crippen molar-refractivity contribution in [2.45, 2.75) is 60.2 Å². The van der Waals surface area contributed by atoms with E-state index in [0.717, 1.165) is 0 Å². The van der Waals surface area contributed by atoms with Crippen LogP contribution >= 0.6 is 12.6 Å².